The summed E-state index contributed by atoms with van der Waals surface area (Å²) in [6.45, 7) is 2.33. The van der Waals surface area contributed by atoms with Crippen molar-refractivity contribution in [1.82, 2.24) is 9.21 Å². The maximum Gasteiger partial charge on any atom is 0.244 e. The molecule has 0 N–H and O–H groups in total. The van der Waals surface area contributed by atoms with Gasteiger partial charge < -0.3 is 4.90 Å². The van der Waals surface area contributed by atoms with Crippen LogP contribution in [0.25, 0.3) is 0 Å². The molecule has 0 radical (unpaired) electrons. The van der Waals surface area contributed by atoms with Crippen LogP contribution in [-0.2, 0) is 10.0 Å². The summed E-state index contributed by atoms with van der Waals surface area (Å²) in [6, 6.07) is 3.63. The molecular weight excluding hydrogens is 323 g/mol. The average Bonchev–Trinajstić information content (AvgIpc) is 2.29. The van der Waals surface area contributed by atoms with Gasteiger partial charge in [0.2, 0.25) is 10.0 Å². The summed E-state index contributed by atoms with van der Waals surface area (Å²) in [5.41, 5.74) is 0. The van der Waals surface area contributed by atoms with Gasteiger partial charge in [0.05, 0.1) is 4.90 Å². The third-order valence-corrected chi connectivity index (χ3v) is 5.85. The van der Waals surface area contributed by atoms with E-state index in [4.69, 9.17) is 0 Å². The third kappa shape index (κ3) is 2.74. The Morgan fingerprint density at radius 3 is 2.39 bits per heavy atom. The Labute approximate surface area is 115 Å². The number of piperazine rings is 1. The second kappa shape index (κ2) is 5.24. The lowest BCUT2D eigenvalue weighted by Gasteiger charge is -2.31. The van der Waals surface area contributed by atoms with Crippen molar-refractivity contribution >= 4 is 26.0 Å². The Morgan fingerprint density at radius 1 is 1.22 bits per heavy atom. The topological polar surface area (TPSA) is 40.6 Å². The summed E-state index contributed by atoms with van der Waals surface area (Å²) in [5.74, 6) is -0.459. The Bertz CT molecular complexity index is 542. The Balaban J connectivity index is 2.30. The standard InChI is InChI=1S/C11H14BrFN2O2S/c1-14-4-6-15(7-5-14)18(16,17)11-3-2-9(13)8-10(11)12/h2-3,8H,4-7H2,1H3. The van der Waals surface area contributed by atoms with E-state index in [0.717, 1.165) is 6.07 Å². The molecule has 0 saturated carbocycles. The molecule has 1 aliphatic rings. The number of rotatable bonds is 2. The van der Waals surface area contributed by atoms with Crippen LogP contribution < -0.4 is 0 Å². The Hall–Kier alpha value is -0.500. The molecule has 2 rings (SSSR count). The first-order chi connectivity index (χ1) is 8.41. The summed E-state index contributed by atoms with van der Waals surface area (Å²) in [7, 11) is -1.58. The van der Waals surface area contributed by atoms with Gasteiger partial charge in [-0.3, -0.25) is 0 Å². The normalized spacial score (nSPS) is 19.1. The zero-order valence-corrected chi connectivity index (χ0v) is 12.3. The van der Waals surface area contributed by atoms with Gasteiger partial charge in [0.25, 0.3) is 0 Å². The fraction of sp³-hybridized carbons (Fsp3) is 0.455. The monoisotopic (exact) mass is 336 g/mol. The molecule has 1 fully saturated rings. The molecule has 1 saturated heterocycles. The van der Waals surface area contributed by atoms with Crippen LogP contribution in [0.5, 0.6) is 0 Å². The smallest absolute Gasteiger partial charge is 0.244 e. The molecule has 0 spiro atoms. The molecule has 1 aliphatic heterocycles. The molecule has 0 atom stereocenters. The van der Waals surface area contributed by atoms with Crippen molar-refractivity contribution < 1.29 is 12.8 Å². The van der Waals surface area contributed by atoms with E-state index in [-0.39, 0.29) is 9.37 Å². The minimum atomic E-state index is -3.54. The van der Waals surface area contributed by atoms with E-state index in [2.05, 4.69) is 20.8 Å². The van der Waals surface area contributed by atoms with Crippen LogP contribution in [0.1, 0.15) is 0 Å². The van der Waals surface area contributed by atoms with Crippen molar-refractivity contribution in [3.63, 3.8) is 0 Å². The highest BCUT2D eigenvalue weighted by molar-refractivity contribution is 9.10. The zero-order chi connectivity index (χ0) is 13.3. The molecule has 0 unspecified atom stereocenters. The lowest BCUT2D eigenvalue weighted by molar-refractivity contribution is 0.222. The lowest BCUT2D eigenvalue weighted by atomic mass is 10.3. The first kappa shape index (κ1) is 13.9. The SMILES string of the molecule is CN1CCN(S(=O)(=O)c2ccc(F)cc2Br)CC1. The van der Waals surface area contributed by atoms with E-state index in [1.54, 1.807) is 0 Å². The highest BCUT2D eigenvalue weighted by Crippen LogP contribution is 2.26. The molecule has 100 valence electrons. The molecule has 18 heavy (non-hydrogen) atoms. The highest BCUT2D eigenvalue weighted by Gasteiger charge is 2.29. The van der Waals surface area contributed by atoms with Gasteiger partial charge in [-0.25, -0.2) is 12.8 Å². The summed E-state index contributed by atoms with van der Waals surface area (Å²) in [5, 5.41) is 0. The molecule has 0 amide bonds. The number of sulfonamides is 1. The van der Waals surface area contributed by atoms with Gasteiger partial charge in [0, 0.05) is 30.7 Å². The average molecular weight is 337 g/mol. The largest absolute Gasteiger partial charge is 0.304 e. The molecule has 4 nitrogen and oxygen atoms in total. The van der Waals surface area contributed by atoms with Crippen LogP contribution in [0.15, 0.2) is 27.6 Å². The van der Waals surface area contributed by atoms with Crippen LogP contribution in [0.4, 0.5) is 4.39 Å². The number of hydrogen-bond donors (Lipinski definition) is 0. The van der Waals surface area contributed by atoms with Crippen LogP contribution in [-0.4, -0.2) is 50.8 Å². The molecule has 7 heteroatoms. The van der Waals surface area contributed by atoms with Crippen molar-refractivity contribution in [3.8, 4) is 0 Å². The summed E-state index contributed by atoms with van der Waals surface area (Å²) in [4.78, 5) is 2.19. The Kier molecular flexibility index (Phi) is 4.05. The van der Waals surface area contributed by atoms with E-state index >= 15 is 0 Å². The predicted molar refractivity (Wildman–Crippen MR) is 70.4 cm³/mol. The predicted octanol–water partition coefficient (Wildman–Crippen LogP) is 1.52. The van der Waals surface area contributed by atoms with Crippen LogP contribution in [0.3, 0.4) is 0 Å². The quantitative estimate of drug-likeness (QED) is 0.822. The summed E-state index contributed by atoms with van der Waals surface area (Å²) < 4.78 is 39.4. The van der Waals surface area contributed by atoms with Crippen molar-refractivity contribution in [1.29, 1.82) is 0 Å². The van der Waals surface area contributed by atoms with Crippen molar-refractivity contribution in [2.24, 2.45) is 0 Å². The minimum absolute atomic E-state index is 0.119. The van der Waals surface area contributed by atoms with Crippen molar-refractivity contribution in [2.75, 3.05) is 33.2 Å². The highest BCUT2D eigenvalue weighted by atomic mass is 79.9. The van der Waals surface area contributed by atoms with E-state index < -0.39 is 15.8 Å². The van der Waals surface area contributed by atoms with E-state index in [9.17, 15) is 12.8 Å². The summed E-state index contributed by atoms with van der Waals surface area (Å²) in [6.07, 6.45) is 0. The van der Waals surface area contributed by atoms with Crippen LogP contribution in [0.2, 0.25) is 0 Å². The van der Waals surface area contributed by atoms with Crippen molar-refractivity contribution in [3.05, 3.63) is 28.5 Å². The zero-order valence-electron chi connectivity index (χ0n) is 9.94. The van der Waals surface area contributed by atoms with E-state index in [1.807, 2.05) is 7.05 Å². The molecule has 1 aromatic carbocycles. The molecule has 0 aliphatic carbocycles. The first-order valence-corrected chi connectivity index (χ1v) is 7.78. The van der Waals surface area contributed by atoms with E-state index in [0.29, 0.717) is 26.2 Å². The van der Waals surface area contributed by atoms with Crippen molar-refractivity contribution in [2.45, 2.75) is 4.90 Å². The minimum Gasteiger partial charge on any atom is -0.304 e. The summed E-state index contributed by atoms with van der Waals surface area (Å²) >= 11 is 3.11. The number of hydrogen-bond acceptors (Lipinski definition) is 3. The van der Waals surface area contributed by atoms with E-state index in [1.165, 1.54) is 16.4 Å². The fourth-order valence-corrected chi connectivity index (χ4v) is 4.28. The number of likely N-dealkylation sites (N-methyl/N-ethyl adjacent to an activating group) is 1. The maximum absolute atomic E-state index is 13.0. The van der Waals surface area contributed by atoms with Gasteiger partial charge in [-0.15, -0.1) is 0 Å². The maximum atomic E-state index is 13.0. The van der Waals surface area contributed by atoms with Gasteiger partial charge in [-0.1, -0.05) is 0 Å². The molecular formula is C11H14BrFN2O2S. The second-order valence-corrected chi connectivity index (χ2v) is 7.04. The van der Waals surface area contributed by atoms with Gasteiger partial charge in [-0.05, 0) is 41.2 Å². The molecule has 1 heterocycles. The third-order valence-electron chi connectivity index (χ3n) is 2.97. The fourth-order valence-electron chi connectivity index (χ4n) is 1.85. The molecule has 1 aromatic rings. The first-order valence-electron chi connectivity index (χ1n) is 5.55. The number of benzene rings is 1. The Morgan fingerprint density at radius 2 is 1.83 bits per heavy atom. The van der Waals surface area contributed by atoms with Crippen LogP contribution >= 0.6 is 15.9 Å². The number of halogens is 2. The van der Waals surface area contributed by atoms with Gasteiger partial charge in [0.15, 0.2) is 0 Å². The van der Waals surface area contributed by atoms with Gasteiger partial charge >= 0.3 is 0 Å². The lowest BCUT2D eigenvalue weighted by Crippen LogP contribution is -2.47. The second-order valence-electron chi connectivity index (χ2n) is 4.28. The van der Waals surface area contributed by atoms with Gasteiger partial charge in [0.1, 0.15) is 5.82 Å². The van der Waals surface area contributed by atoms with Crippen LogP contribution in [0, 0.1) is 5.82 Å². The number of nitrogens with zero attached hydrogens (tertiary/aromatic N) is 2. The van der Waals surface area contributed by atoms with Gasteiger partial charge in [-0.2, -0.15) is 4.31 Å². The molecule has 0 aromatic heterocycles. The molecule has 0 bridgehead atoms.